The summed E-state index contributed by atoms with van der Waals surface area (Å²) in [5.41, 5.74) is -0.0900. The summed E-state index contributed by atoms with van der Waals surface area (Å²) in [5.74, 6) is 0.176. The van der Waals surface area contributed by atoms with Gasteiger partial charge in [-0.1, -0.05) is 12.1 Å². The zero-order valence-corrected chi connectivity index (χ0v) is 16.0. The average Bonchev–Trinajstić information content (AvgIpc) is 2.66. The fourth-order valence-corrected chi connectivity index (χ4v) is 2.17. The van der Waals surface area contributed by atoms with Crippen LogP contribution in [0.3, 0.4) is 0 Å². The number of nitrogens with one attached hydrogen (secondary N) is 2. The zero-order chi connectivity index (χ0) is 21.0. The van der Waals surface area contributed by atoms with Crippen molar-refractivity contribution in [3.8, 4) is 11.8 Å². The molecule has 0 heterocycles. The smallest absolute Gasteiger partial charge is 0.294 e. The minimum Gasteiger partial charge on any atom is -0.489 e. The van der Waals surface area contributed by atoms with Gasteiger partial charge in [-0.3, -0.25) is 4.79 Å². The summed E-state index contributed by atoms with van der Waals surface area (Å²) in [5, 5.41) is 34.1. The van der Waals surface area contributed by atoms with Crippen LogP contribution in [0, 0.1) is 21.4 Å². The van der Waals surface area contributed by atoms with Gasteiger partial charge in [-0.05, 0) is 32.4 Å². The first-order valence-electron chi connectivity index (χ1n) is 8.82. The maximum atomic E-state index is 11.7. The number of nitrogens with zero attached hydrogens (tertiary/aromatic N) is 2. The van der Waals surface area contributed by atoms with Gasteiger partial charge in [0.15, 0.2) is 0 Å². The molecule has 0 aliphatic rings. The molecule has 154 valence electrons. The largest absolute Gasteiger partial charge is 0.489 e. The molecule has 1 aromatic carbocycles. The van der Waals surface area contributed by atoms with Gasteiger partial charge in [0.2, 0.25) is 5.91 Å². The van der Waals surface area contributed by atoms with E-state index in [4.69, 9.17) is 10.00 Å². The van der Waals surface area contributed by atoms with Crippen LogP contribution in [-0.2, 0) is 9.63 Å². The predicted octanol–water partition coefficient (Wildman–Crippen LogP) is 0.771. The Hall–Kier alpha value is -2.90. The van der Waals surface area contributed by atoms with Crippen LogP contribution in [0.25, 0.3) is 0 Å². The molecule has 10 heteroatoms. The molecule has 0 saturated carbocycles. The van der Waals surface area contributed by atoms with Crippen LogP contribution < -0.4 is 15.4 Å². The minimum atomic E-state index is -0.890. The first kappa shape index (κ1) is 23.1. The molecule has 0 saturated heterocycles. The number of rotatable bonds is 13. The highest BCUT2D eigenvalue weighted by Crippen LogP contribution is 2.16. The number of nitriles is 1. The second-order valence-electron chi connectivity index (χ2n) is 6.77. The van der Waals surface area contributed by atoms with Crippen LogP contribution in [0.15, 0.2) is 24.3 Å². The third kappa shape index (κ3) is 9.70. The minimum absolute atomic E-state index is 0.0184. The molecule has 0 bridgehead atoms. The summed E-state index contributed by atoms with van der Waals surface area (Å²) in [7, 11) is 0. The highest BCUT2D eigenvalue weighted by atomic mass is 16.9. The van der Waals surface area contributed by atoms with E-state index < -0.39 is 16.7 Å². The number of hydrogen-bond acceptors (Lipinski definition) is 8. The van der Waals surface area contributed by atoms with Gasteiger partial charge in [0.05, 0.1) is 12.2 Å². The van der Waals surface area contributed by atoms with Crippen LogP contribution >= 0.6 is 0 Å². The quantitative estimate of drug-likeness (QED) is 0.252. The lowest BCUT2D eigenvalue weighted by Crippen LogP contribution is -2.51. The van der Waals surface area contributed by atoms with E-state index in [1.54, 1.807) is 24.3 Å². The number of para-hydroxylation sites is 1. The fourth-order valence-electron chi connectivity index (χ4n) is 2.17. The Labute approximate surface area is 163 Å². The monoisotopic (exact) mass is 394 g/mol. The molecule has 0 aromatic heterocycles. The number of β-amino-alcohol motifs (C(OH)–C–C–N with tert-alkyl or cyclic N) is 1. The molecule has 0 fully saturated rings. The highest BCUT2D eigenvalue weighted by Gasteiger charge is 2.20. The average molecular weight is 394 g/mol. The lowest BCUT2D eigenvalue weighted by atomic mass is 10.1. The van der Waals surface area contributed by atoms with Gasteiger partial charge in [0.25, 0.3) is 5.09 Å². The topological polar surface area (TPSA) is 147 Å². The van der Waals surface area contributed by atoms with Gasteiger partial charge in [0.1, 0.15) is 24.5 Å². The molecule has 0 aliphatic carbocycles. The summed E-state index contributed by atoms with van der Waals surface area (Å²) in [6.07, 6.45) is -0.430. The number of carbonyl (C=O) groups is 1. The number of benzene rings is 1. The molecule has 1 amide bonds. The van der Waals surface area contributed by atoms with E-state index in [2.05, 4.69) is 15.5 Å². The number of carbonyl (C=O) groups excluding carboxylic acids is 1. The van der Waals surface area contributed by atoms with Crippen molar-refractivity contribution in [1.29, 1.82) is 5.26 Å². The Balaban J connectivity index is 2.27. The Kier molecular flexibility index (Phi) is 9.70. The van der Waals surface area contributed by atoms with Crippen LogP contribution in [-0.4, -0.2) is 54.0 Å². The number of amides is 1. The maximum Gasteiger partial charge on any atom is 0.294 e. The van der Waals surface area contributed by atoms with E-state index in [0.29, 0.717) is 17.9 Å². The molecular formula is C18H26N4O6. The van der Waals surface area contributed by atoms with Crippen LogP contribution in [0.4, 0.5) is 0 Å². The van der Waals surface area contributed by atoms with Gasteiger partial charge in [-0.15, -0.1) is 10.1 Å². The van der Waals surface area contributed by atoms with Gasteiger partial charge in [-0.2, -0.15) is 5.26 Å². The standard InChI is InChI=1S/C18H26N4O6/c1-18(2,13-20-17(24)8-5-9-28-22(25)26)21-11-15(23)12-27-16-7-4-3-6-14(16)10-19/h3-4,6-7,15,21,23H,5,8-9,11-13H2,1-2H3,(H,20,24). The van der Waals surface area contributed by atoms with Gasteiger partial charge in [-0.25, -0.2) is 0 Å². The SMILES string of the molecule is CC(C)(CNC(=O)CCCO[N+](=O)[O-])NCC(O)COc1ccccc1C#N. The van der Waals surface area contributed by atoms with E-state index in [1.807, 2.05) is 19.9 Å². The van der Waals surface area contributed by atoms with Crippen molar-refractivity contribution in [2.75, 3.05) is 26.3 Å². The summed E-state index contributed by atoms with van der Waals surface area (Å²) >= 11 is 0. The lowest BCUT2D eigenvalue weighted by Gasteiger charge is -2.28. The molecule has 1 rings (SSSR count). The fraction of sp³-hybridized carbons (Fsp3) is 0.556. The zero-order valence-electron chi connectivity index (χ0n) is 16.0. The molecule has 1 unspecified atom stereocenters. The number of aliphatic hydroxyl groups excluding tert-OH is 1. The molecule has 1 aromatic rings. The molecule has 28 heavy (non-hydrogen) atoms. The van der Waals surface area contributed by atoms with Crippen LogP contribution in [0.2, 0.25) is 0 Å². The second-order valence-corrected chi connectivity index (χ2v) is 6.77. The molecule has 0 radical (unpaired) electrons. The van der Waals surface area contributed by atoms with Crippen molar-refractivity contribution in [2.45, 2.75) is 38.3 Å². The number of ether oxygens (including phenoxy) is 1. The van der Waals surface area contributed by atoms with Crippen molar-refractivity contribution in [2.24, 2.45) is 0 Å². The molecule has 1 atom stereocenters. The lowest BCUT2D eigenvalue weighted by molar-refractivity contribution is -0.757. The molecular weight excluding hydrogens is 368 g/mol. The molecule has 3 N–H and O–H groups in total. The number of aliphatic hydroxyl groups is 1. The third-order valence-corrected chi connectivity index (χ3v) is 3.73. The van der Waals surface area contributed by atoms with E-state index in [0.717, 1.165) is 0 Å². The van der Waals surface area contributed by atoms with Crippen LogP contribution in [0.5, 0.6) is 5.75 Å². The Morgan fingerprint density at radius 1 is 1.43 bits per heavy atom. The highest BCUT2D eigenvalue weighted by molar-refractivity contribution is 5.75. The first-order chi connectivity index (χ1) is 13.2. The summed E-state index contributed by atoms with van der Waals surface area (Å²) in [6.45, 7) is 4.16. The normalized spacial score (nSPS) is 11.9. The Bertz CT molecular complexity index is 689. The molecule has 0 spiro atoms. The van der Waals surface area contributed by atoms with Crippen molar-refractivity contribution < 1.29 is 24.6 Å². The van der Waals surface area contributed by atoms with Crippen molar-refractivity contribution in [3.05, 3.63) is 39.9 Å². The van der Waals surface area contributed by atoms with Crippen LogP contribution in [0.1, 0.15) is 32.3 Å². The van der Waals surface area contributed by atoms with Gasteiger partial charge in [0, 0.05) is 25.0 Å². The van der Waals surface area contributed by atoms with E-state index in [1.165, 1.54) is 0 Å². The first-order valence-corrected chi connectivity index (χ1v) is 8.82. The Morgan fingerprint density at radius 2 is 2.14 bits per heavy atom. The van der Waals surface area contributed by atoms with Gasteiger partial charge >= 0.3 is 0 Å². The maximum absolute atomic E-state index is 11.7. The number of hydrogen-bond donors (Lipinski definition) is 3. The van der Waals surface area contributed by atoms with E-state index >= 15 is 0 Å². The van der Waals surface area contributed by atoms with Crippen molar-refractivity contribution >= 4 is 5.91 Å². The summed E-state index contributed by atoms with van der Waals surface area (Å²) < 4.78 is 5.48. The predicted molar refractivity (Wildman–Crippen MR) is 99.9 cm³/mol. The summed E-state index contributed by atoms with van der Waals surface area (Å²) in [4.78, 5) is 25.9. The summed E-state index contributed by atoms with van der Waals surface area (Å²) in [6, 6.07) is 8.80. The Morgan fingerprint density at radius 3 is 2.82 bits per heavy atom. The van der Waals surface area contributed by atoms with E-state index in [9.17, 15) is 20.0 Å². The van der Waals surface area contributed by atoms with Crippen molar-refractivity contribution in [3.63, 3.8) is 0 Å². The van der Waals surface area contributed by atoms with Gasteiger partial charge < -0.3 is 25.3 Å². The van der Waals surface area contributed by atoms with E-state index in [-0.39, 0.29) is 38.5 Å². The van der Waals surface area contributed by atoms with Crippen molar-refractivity contribution in [1.82, 2.24) is 10.6 Å². The molecule has 0 aliphatic heterocycles. The molecule has 10 nitrogen and oxygen atoms in total. The second kappa shape index (κ2) is 11.7. The third-order valence-electron chi connectivity index (χ3n) is 3.73.